The van der Waals surface area contributed by atoms with E-state index in [9.17, 15) is 16.8 Å². The molecule has 0 spiro atoms. The van der Waals surface area contributed by atoms with Crippen LogP contribution in [0.2, 0.25) is 0 Å². The number of nitrogens with two attached hydrogens (primary N) is 1. The Hall–Kier alpha value is -1.32. The monoisotopic (exact) mass is 322 g/mol. The molecule has 0 amide bonds. The second-order valence-electron chi connectivity index (χ2n) is 4.04. The highest BCUT2D eigenvalue weighted by atomic mass is 32.2. The van der Waals surface area contributed by atoms with Gasteiger partial charge in [0.05, 0.1) is 23.4 Å². The molecule has 0 aromatic heterocycles. The van der Waals surface area contributed by atoms with Crippen LogP contribution >= 0.6 is 0 Å². The van der Waals surface area contributed by atoms with Crippen molar-refractivity contribution in [2.45, 2.75) is 11.8 Å². The van der Waals surface area contributed by atoms with Crippen molar-refractivity contribution in [2.24, 2.45) is 0 Å². The minimum Gasteiger partial charge on any atom is -0.495 e. The molecule has 7 nitrogen and oxygen atoms in total. The van der Waals surface area contributed by atoms with Crippen molar-refractivity contribution < 1.29 is 21.6 Å². The van der Waals surface area contributed by atoms with E-state index in [0.717, 1.165) is 0 Å². The first-order valence-corrected chi connectivity index (χ1v) is 9.16. The summed E-state index contributed by atoms with van der Waals surface area (Å²) in [6, 6.07) is 4.04. The van der Waals surface area contributed by atoms with Gasteiger partial charge in [-0.25, -0.2) is 21.6 Å². The Labute approximate surface area is 119 Å². The van der Waals surface area contributed by atoms with E-state index in [1.54, 1.807) is 0 Å². The fraction of sp³-hybridized carbons (Fsp3) is 0.455. The summed E-state index contributed by atoms with van der Waals surface area (Å²) in [5, 5.41) is 0. The van der Waals surface area contributed by atoms with Crippen LogP contribution in [-0.4, -0.2) is 42.0 Å². The van der Waals surface area contributed by atoms with Crippen LogP contribution in [0.3, 0.4) is 0 Å². The molecular formula is C11H18N2O5S2. The van der Waals surface area contributed by atoms with Crippen molar-refractivity contribution in [3.8, 4) is 5.75 Å². The summed E-state index contributed by atoms with van der Waals surface area (Å²) in [6.45, 7) is 1.33. The molecule has 20 heavy (non-hydrogen) atoms. The zero-order chi connectivity index (χ0) is 15.4. The third-order valence-corrected chi connectivity index (χ3v) is 5.82. The summed E-state index contributed by atoms with van der Waals surface area (Å²) in [7, 11) is -5.58. The number of nitrogens with one attached hydrogen (secondary N) is 1. The molecule has 0 aliphatic heterocycles. The Morgan fingerprint density at radius 3 is 2.40 bits per heavy atom. The van der Waals surface area contributed by atoms with Gasteiger partial charge < -0.3 is 10.5 Å². The molecule has 0 atom stereocenters. The molecule has 0 aliphatic rings. The van der Waals surface area contributed by atoms with E-state index < -0.39 is 19.9 Å². The molecule has 1 aromatic carbocycles. The SMILES string of the molecule is CCS(=O)(=O)CCNS(=O)(=O)c1ccc(OC)c(N)c1. The molecule has 0 saturated carbocycles. The zero-order valence-electron chi connectivity index (χ0n) is 11.3. The number of sulfonamides is 1. The van der Waals surface area contributed by atoms with Gasteiger partial charge >= 0.3 is 0 Å². The standard InChI is InChI=1S/C11H18N2O5S2/c1-3-19(14,15)7-6-13-20(16,17)9-4-5-11(18-2)10(12)8-9/h4-5,8,13H,3,6-7,12H2,1-2H3. The van der Waals surface area contributed by atoms with Crippen LogP contribution in [0.1, 0.15) is 6.92 Å². The number of rotatable bonds is 7. The van der Waals surface area contributed by atoms with Gasteiger partial charge in [-0.15, -0.1) is 0 Å². The molecule has 0 aliphatic carbocycles. The number of nitrogen functional groups attached to an aromatic ring is 1. The Balaban J connectivity index is 2.82. The molecule has 1 rings (SSSR count). The van der Waals surface area contributed by atoms with E-state index in [1.807, 2.05) is 0 Å². The highest BCUT2D eigenvalue weighted by Gasteiger charge is 2.16. The average Bonchev–Trinajstić information content (AvgIpc) is 2.38. The normalized spacial score (nSPS) is 12.3. The summed E-state index contributed by atoms with van der Waals surface area (Å²) in [6.07, 6.45) is 0. The van der Waals surface area contributed by atoms with Gasteiger partial charge in [0.15, 0.2) is 9.84 Å². The Morgan fingerprint density at radius 1 is 1.25 bits per heavy atom. The highest BCUT2D eigenvalue weighted by molar-refractivity contribution is 7.91. The molecule has 0 unspecified atom stereocenters. The van der Waals surface area contributed by atoms with Gasteiger partial charge in [0.1, 0.15) is 5.75 Å². The average molecular weight is 322 g/mol. The molecule has 0 fully saturated rings. The Bertz CT molecular complexity index is 668. The number of hydrogen-bond donors (Lipinski definition) is 2. The summed E-state index contributed by atoms with van der Waals surface area (Å²) < 4.78 is 53.6. The van der Waals surface area contributed by atoms with Crippen LogP contribution in [0.5, 0.6) is 5.75 Å². The highest BCUT2D eigenvalue weighted by Crippen LogP contribution is 2.24. The van der Waals surface area contributed by atoms with E-state index in [-0.39, 0.29) is 28.6 Å². The van der Waals surface area contributed by atoms with Crippen molar-refractivity contribution in [3.05, 3.63) is 18.2 Å². The van der Waals surface area contributed by atoms with Gasteiger partial charge in [-0.05, 0) is 18.2 Å². The fourth-order valence-corrected chi connectivity index (χ4v) is 3.34. The van der Waals surface area contributed by atoms with Crippen molar-refractivity contribution in [1.29, 1.82) is 0 Å². The lowest BCUT2D eigenvalue weighted by Gasteiger charge is -2.09. The number of hydrogen-bond acceptors (Lipinski definition) is 6. The zero-order valence-corrected chi connectivity index (χ0v) is 12.9. The van der Waals surface area contributed by atoms with Gasteiger partial charge in [0.25, 0.3) is 0 Å². The minimum atomic E-state index is -3.79. The number of ether oxygens (including phenoxy) is 1. The van der Waals surface area contributed by atoms with E-state index in [1.165, 1.54) is 32.2 Å². The van der Waals surface area contributed by atoms with Crippen LogP contribution in [0, 0.1) is 0 Å². The van der Waals surface area contributed by atoms with Gasteiger partial charge in [0, 0.05) is 12.3 Å². The summed E-state index contributed by atoms with van der Waals surface area (Å²) in [5.41, 5.74) is 5.83. The topological polar surface area (TPSA) is 116 Å². The predicted octanol–water partition coefficient (Wildman–Crippen LogP) is -0.00960. The first-order valence-electron chi connectivity index (χ1n) is 5.85. The number of benzene rings is 1. The lowest BCUT2D eigenvalue weighted by atomic mass is 10.3. The third kappa shape index (κ3) is 4.36. The Morgan fingerprint density at radius 2 is 1.90 bits per heavy atom. The first-order chi connectivity index (χ1) is 9.22. The third-order valence-electron chi connectivity index (χ3n) is 2.66. The molecule has 0 saturated heterocycles. The van der Waals surface area contributed by atoms with E-state index in [0.29, 0.717) is 5.75 Å². The lowest BCUT2D eigenvalue weighted by Crippen LogP contribution is -2.29. The van der Waals surface area contributed by atoms with Crippen LogP contribution in [0.15, 0.2) is 23.1 Å². The minimum absolute atomic E-state index is 0.0236. The van der Waals surface area contributed by atoms with E-state index >= 15 is 0 Å². The lowest BCUT2D eigenvalue weighted by molar-refractivity contribution is 0.416. The van der Waals surface area contributed by atoms with Crippen LogP contribution in [-0.2, 0) is 19.9 Å². The van der Waals surface area contributed by atoms with E-state index in [4.69, 9.17) is 10.5 Å². The maximum Gasteiger partial charge on any atom is 0.240 e. The molecule has 3 N–H and O–H groups in total. The van der Waals surface area contributed by atoms with Crippen molar-refractivity contribution in [1.82, 2.24) is 4.72 Å². The quantitative estimate of drug-likeness (QED) is 0.682. The van der Waals surface area contributed by atoms with Crippen LogP contribution < -0.4 is 15.2 Å². The molecule has 0 radical (unpaired) electrons. The molecule has 114 valence electrons. The van der Waals surface area contributed by atoms with Gasteiger partial charge in [-0.2, -0.15) is 0 Å². The van der Waals surface area contributed by atoms with Crippen LogP contribution in [0.25, 0.3) is 0 Å². The molecule has 0 bridgehead atoms. The number of sulfone groups is 1. The Kier molecular flexibility index (Phi) is 5.37. The van der Waals surface area contributed by atoms with Gasteiger partial charge in [0.2, 0.25) is 10.0 Å². The predicted molar refractivity (Wildman–Crippen MR) is 76.9 cm³/mol. The van der Waals surface area contributed by atoms with Crippen LogP contribution in [0.4, 0.5) is 5.69 Å². The van der Waals surface area contributed by atoms with Crippen molar-refractivity contribution in [2.75, 3.05) is 30.9 Å². The van der Waals surface area contributed by atoms with Crippen molar-refractivity contribution >= 4 is 25.5 Å². The maximum absolute atomic E-state index is 12.0. The van der Waals surface area contributed by atoms with Crippen molar-refractivity contribution in [3.63, 3.8) is 0 Å². The molecule has 0 heterocycles. The van der Waals surface area contributed by atoms with Gasteiger partial charge in [-0.1, -0.05) is 6.92 Å². The molecule has 1 aromatic rings. The second kappa shape index (κ2) is 6.42. The smallest absolute Gasteiger partial charge is 0.240 e. The fourth-order valence-electron chi connectivity index (χ4n) is 1.44. The van der Waals surface area contributed by atoms with E-state index in [2.05, 4.69) is 4.72 Å². The maximum atomic E-state index is 12.0. The summed E-state index contributed by atoms with van der Waals surface area (Å²) >= 11 is 0. The summed E-state index contributed by atoms with van der Waals surface area (Å²) in [4.78, 5) is -0.0373. The van der Waals surface area contributed by atoms with Gasteiger partial charge in [-0.3, -0.25) is 0 Å². The number of anilines is 1. The molecule has 9 heteroatoms. The number of methoxy groups -OCH3 is 1. The summed E-state index contributed by atoms with van der Waals surface area (Å²) in [5.74, 6) is 0.107. The second-order valence-corrected chi connectivity index (χ2v) is 8.28. The largest absolute Gasteiger partial charge is 0.495 e. The first kappa shape index (κ1) is 16.7. The molecular weight excluding hydrogens is 304 g/mol.